The fourth-order valence-corrected chi connectivity index (χ4v) is 2.43. The highest BCUT2D eigenvalue weighted by atomic mass is 32.2. The van der Waals surface area contributed by atoms with Gasteiger partial charge < -0.3 is 0 Å². The summed E-state index contributed by atoms with van der Waals surface area (Å²) in [5.41, 5.74) is 0. The van der Waals surface area contributed by atoms with E-state index in [4.69, 9.17) is 0 Å². The molecule has 0 aromatic heterocycles. The second-order valence-electron chi connectivity index (χ2n) is 2.48. The average Bonchev–Trinajstić information content (AvgIpc) is 1.65. The third-order valence-corrected chi connectivity index (χ3v) is 3.38. The highest BCUT2D eigenvalue weighted by Gasteiger charge is 2.21. The van der Waals surface area contributed by atoms with Gasteiger partial charge in [0.15, 0.2) is 0 Å². The standard InChI is InChI=1S/C6H12S2/c1-6(7)4-2-3-5-8-6/h7H,2-5H2,1H3. The van der Waals surface area contributed by atoms with Gasteiger partial charge in [0.05, 0.1) is 4.08 Å². The molecule has 2 heteroatoms. The van der Waals surface area contributed by atoms with E-state index in [2.05, 4.69) is 19.6 Å². The molecule has 1 fully saturated rings. The van der Waals surface area contributed by atoms with Crippen LogP contribution < -0.4 is 0 Å². The van der Waals surface area contributed by atoms with E-state index >= 15 is 0 Å². The molecule has 0 aromatic rings. The molecule has 1 heterocycles. The summed E-state index contributed by atoms with van der Waals surface area (Å²) in [6, 6.07) is 0. The minimum atomic E-state index is 0.290. The van der Waals surface area contributed by atoms with E-state index < -0.39 is 0 Å². The molecule has 0 amide bonds. The summed E-state index contributed by atoms with van der Waals surface area (Å²) in [6.45, 7) is 2.21. The van der Waals surface area contributed by atoms with E-state index in [9.17, 15) is 0 Å². The summed E-state index contributed by atoms with van der Waals surface area (Å²) in [5, 5.41) is 0. The van der Waals surface area contributed by atoms with Crippen LogP contribution >= 0.6 is 24.4 Å². The van der Waals surface area contributed by atoms with E-state index in [0.29, 0.717) is 0 Å². The molecule has 0 aliphatic carbocycles. The molecule has 0 bridgehead atoms. The number of hydrogen-bond acceptors (Lipinski definition) is 2. The van der Waals surface area contributed by atoms with Crippen molar-refractivity contribution in [1.82, 2.24) is 0 Å². The van der Waals surface area contributed by atoms with Crippen LogP contribution in [0.2, 0.25) is 0 Å². The monoisotopic (exact) mass is 148 g/mol. The Morgan fingerprint density at radius 2 is 2.25 bits per heavy atom. The van der Waals surface area contributed by atoms with Crippen LogP contribution in [0.3, 0.4) is 0 Å². The molecule has 1 aliphatic heterocycles. The molecule has 8 heavy (non-hydrogen) atoms. The number of rotatable bonds is 0. The van der Waals surface area contributed by atoms with Crippen molar-refractivity contribution in [3.05, 3.63) is 0 Å². The molecular weight excluding hydrogens is 136 g/mol. The van der Waals surface area contributed by atoms with Gasteiger partial charge in [-0.25, -0.2) is 0 Å². The zero-order valence-corrected chi connectivity index (χ0v) is 6.89. The van der Waals surface area contributed by atoms with Gasteiger partial charge in [-0.15, -0.1) is 11.8 Å². The maximum Gasteiger partial charge on any atom is 0.0553 e. The van der Waals surface area contributed by atoms with Gasteiger partial charge in [-0.05, 0) is 25.5 Å². The Hall–Kier alpha value is 0.700. The first-order valence-electron chi connectivity index (χ1n) is 3.07. The Morgan fingerprint density at radius 1 is 1.50 bits per heavy atom. The second kappa shape index (κ2) is 2.53. The van der Waals surface area contributed by atoms with Gasteiger partial charge in [0.2, 0.25) is 0 Å². The van der Waals surface area contributed by atoms with Crippen molar-refractivity contribution in [2.45, 2.75) is 30.3 Å². The van der Waals surface area contributed by atoms with E-state index in [1.807, 2.05) is 11.8 Å². The van der Waals surface area contributed by atoms with Gasteiger partial charge in [0.1, 0.15) is 0 Å². The Labute approximate surface area is 60.8 Å². The Morgan fingerprint density at radius 3 is 2.50 bits per heavy atom. The SMILES string of the molecule is CC1(S)CCCCS1. The summed E-state index contributed by atoms with van der Waals surface area (Å²) in [4.78, 5) is 0. The van der Waals surface area contributed by atoms with Crippen LogP contribution in [0.1, 0.15) is 26.2 Å². The molecule has 1 rings (SSSR count). The summed E-state index contributed by atoms with van der Waals surface area (Å²) in [6.07, 6.45) is 4.04. The van der Waals surface area contributed by atoms with E-state index in [0.717, 1.165) is 0 Å². The van der Waals surface area contributed by atoms with Crippen molar-refractivity contribution in [2.75, 3.05) is 5.75 Å². The summed E-state index contributed by atoms with van der Waals surface area (Å²) in [5.74, 6) is 1.31. The lowest BCUT2D eigenvalue weighted by atomic mass is 10.2. The first-order valence-corrected chi connectivity index (χ1v) is 4.50. The largest absolute Gasteiger partial charge is 0.162 e. The van der Waals surface area contributed by atoms with Gasteiger partial charge in [-0.3, -0.25) is 0 Å². The van der Waals surface area contributed by atoms with Gasteiger partial charge >= 0.3 is 0 Å². The highest BCUT2D eigenvalue weighted by Crippen LogP contribution is 2.38. The van der Waals surface area contributed by atoms with Crippen molar-refractivity contribution in [3.8, 4) is 0 Å². The molecule has 0 radical (unpaired) electrons. The molecule has 1 saturated heterocycles. The van der Waals surface area contributed by atoms with Crippen molar-refractivity contribution in [2.24, 2.45) is 0 Å². The van der Waals surface area contributed by atoms with Crippen LogP contribution in [0.4, 0.5) is 0 Å². The molecular formula is C6H12S2. The van der Waals surface area contributed by atoms with Crippen molar-refractivity contribution >= 4 is 24.4 Å². The smallest absolute Gasteiger partial charge is 0.0553 e. The second-order valence-corrected chi connectivity index (χ2v) is 5.37. The predicted octanol–water partition coefficient (Wildman–Crippen LogP) is 2.55. The number of thiol groups is 1. The first-order chi connectivity index (χ1) is 3.71. The summed E-state index contributed by atoms with van der Waals surface area (Å²) in [7, 11) is 0. The van der Waals surface area contributed by atoms with Crippen molar-refractivity contribution in [1.29, 1.82) is 0 Å². The lowest BCUT2D eigenvalue weighted by molar-refractivity contribution is 0.667. The highest BCUT2D eigenvalue weighted by molar-refractivity contribution is 8.11. The summed E-state index contributed by atoms with van der Waals surface area (Å²) >= 11 is 6.47. The molecule has 48 valence electrons. The quantitative estimate of drug-likeness (QED) is 0.515. The first kappa shape index (κ1) is 6.81. The molecule has 0 spiro atoms. The average molecular weight is 148 g/mol. The van der Waals surface area contributed by atoms with Crippen LogP contribution in [0.15, 0.2) is 0 Å². The Kier molecular flexibility index (Phi) is 2.15. The number of hydrogen-bond donors (Lipinski definition) is 1. The molecule has 1 unspecified atom stereocenters. The van der Waals surface area contributed by atoms with E-state index in [1.54, 1.807) is 0 Å². The molecule has 0 aromatic carbocycles. The predicted molar refractivity (Wildman–Crippen MR) is 43.7 cm³/mol. The van der Waals surface area contributed by atoms with Crippen LogP contribution in [0, 0.1) is 0 Å². The molecule has 0 N–H and O–H groups in total. The number of thioether (sulfide) groups is 1. The molecule has 0 nitrogen and oxygen atoms in total. The van der Waals surface area contributed by atoms with Crippen LogP contribution in [0.25, 0.3) is 0 Å². The van der Waals surface area contributed by atoms with Crippen LogP contribution in [-0.2, 0) is 0 Å². The van der Waals surface area contributed by atoms with Crippen LogP contribution in [0.5, 0.6) is 0 Å². The van der Waals surface area contributed by atoms with Gasteiger partial charge in [-0.2, -0.15) is 12.6 Å². The topological polar surface area (TPSA) is 0 Å². The maximum absolute atomic E-state index is 4.48. The van der Waals surface area contributed by atoms with Crippen molar-refractivity contribution < 1.29 is 0 Å². The molecule has 1 aliphatic rings. The maximum atomic E-state index is 4.48. The third-order valence-electron chi connectivity index (χ3n) is 1.45. The lowest BCUT2D eigenvalue weighted by Gasteiger charge is -2.27. The zero-order valence-electron chi connectivity index (χ0n) is 5.18. The van der Waals surface area contributed by atoms with Gasteiger partial charge in [0, 0.05) is 0 Å². The lowest BCUT2D eigenvalue weighted by Crippen LogP contribution is -2.15. The van der Waals surface area contributed by atoms with E-state index in [1.165, 1.54) is 25.0 Å². The molecule has 1 atom stereocenters. The summed E-state index contributed by atoms with van der Waals surface area (Å²) < 4.78 is 0.290. The minimum absolute atomic E-state index is 0.290. The Bertz CT molecular complexity index is 70.6. The normalized spacial score (nSPS) is 39.8. The van der Waals surface area contributed by atoms with E-state index in [-0.39, 0.29) is 4.08 Å². The fraction of sp³-hybridized carbons (Fsp3) is 1.00. The van der Waals surface area contributed by atoms with Crippen molar-refractivity contribution in [3.63, 3.8) is 0 Å². The fourth-order valence-electron chi connectivity index (χ4n) is 0.919. The van der Waals surface area contributed by atoms with Gasteiger partial charge in [0.25, 0.3) is 0 Å². The van der Waals surface area contributed by atoms with Crippen LogP contribution in [-0.4, -0.2) is 9.83 Å². The third kappa shape index (κ3) is 1.90. The minimum Gasteiger partial charge on any atom is -0.162 e. The van der Waals surface area contributed by atoms with Gasteiger partial charge in [-0.1, -0.05) is 6.42 Å². The Balaban J connectivity index is 2.33. The zero-order chi connectivity index (χ0) is 6.04. The molecule has 0 saturated carbocycles.